The van der Waals surface area contributed by atoms with Crippen LogP contribution >= 0.6 is 0 Å². The number of amides is 1. The number of carbonyl (C=O) groups is 1. The van der Waals surface area contributed by atoms with Gasteiger partial charge in [0, 0.05) is 25.1 Å². The minimum absolute atomic E-state index is 0.138. The summed E-state index contributed by atoms with van der Waals surface area (Å²) in [6, 6.07) is -0.217. The predicted octanol–water partition coefficient (Wildman–Crippen LogP) is -1.22. The summed E-state index contributed by atoms with van der Waals surface area (Å²) < 4.78 is 0. The molecular formula is C11H16N4O. The normalized spacial score (nSPS) is 18.9. The molecule has 0 spiro atoms. The van der Waals surface area contributed by atoms with Crippen molar-refractivity contribution in [3.05, 3.63) is 23.8 Å². The van der Waals surface area contributed by atoms with E-state index in [2.05, 4.69) is 22.6 Å². The van der Waals surface area contributed by atoms with Crippen LogP contribution < -0.4 is 22.3 Å². The van der Waals surface area contributed by atoms with E-state index in [-0.39, 0.29) is 11.9 Å². The van der Waals surface area contributed by atoms with Crippen LogP contribution in [-0.2, 0) is 4.79 Å². The molecule has 16 heavy (non-hydrogen) atoms. The van der Waals surface area contributed by atoms with Gasteiger partial charge in [-0.15, -0.1) is 0 Å². The lowest BCUT2D eigenvalue weighted by Gasteiger charge is -2.07. The number of hydrogen-bond acceptors (Lipinski definition) is 4. The van der Waals surface area contributed by atoms with Gasteiger partial charge in [0.2, 0.25) is 0 Å². The third-order valence-electron chi connectivity index (χ3n) is 2.02. The summed E-state index contributed by atoms with van der Waals surface area (Å²) in [4.78, 5) is 11.6. The van der Waals surface area contributed by atoms with E-state index in [1.807, 2.05) is 0 Å². The number of hydrazine groups is 1. The van der Waals surface area contributed by atoms with Crippen molar-refractivity contribution in [3.63, 3.8) is 0 Å². The van der Waals surface area contributed by atoms with Crippen molar-refractivity contribution in [2.24, 2.45) is 11.6 Å². The highest BCUT2D eigenvalue weighted by molar-refractivity contribution is 5.96. The minimum atomic E-state index is -0.217. The maximum absolute atomic E-state index is 11.6. The maximum atomic E-state index is 11.6. The highest BCUT2D eigenvalue weighted by atomic mass is 16.1. The van der Waals surface area contributed by atoms with E-state index in [0.29, 0.717) is 25.1 Å². The fourth-order valence-electron chi connectivity index (χ4n) is 1.20. The Balaban J connectivity index is 2.67. The molecule has 1 amide bonds. The molecule has 1 unspecified atom stereocenters. The molecule has 0 saturated carbocycles. The number of nitrogens with one attached hydrogen (secondary N) is 2. The monoisotopic (exact) mass is 220 g/mol. The Morgan fingerprint density at radius 2 is 2.44 bits per heavy atom. The van der Waals surface area contributed by atoms with Crippen LogP contribution in [0.15, 0.2) is 23.8 Å². The third-order valence-corrected chi connectivity index (χ3v) is 2.02. The van der Waals surface area contributed by atoms with Gasteiger partial charge in [-0.25, -0.2) is 5.43 Å². The summed E-state index contributed by atoms with van der Waals surface area (Å²) in [6.45, 7) is 0.893. The summed E-state index contributed by atoms with van der Waals surface area (Å²) >= 11 is 0. The Morgan fingerprint density at radius 1 is 1.62 bits per heavy atom. The van der Waals surface area contributed by atoms with Crippen molar-refractivity contribution >= 4 is 5.91 Å². The Kier molecular flexibility index (Phi) is 5.29. The average molecular weight is 220 g/mol. The van der Waals surface area contributed by atoms with E-state index in [1.165, 1.54) is 0 Å². The van der Waals surface area contributed by atoms with Gasteiger partial charge >= 0.3 is 0 Å². The van der Waals surface area contributed by atoms with E-state index >= 15 is 0 Å². The molecule has 1 atom stereocenters. The Labute approximate surface area is 94.9 Å². The molecular weight excluding hydrogens is 204 g/mol. The van der Waals surface area contributed by atoms with Crippen molar-refractivity contribution in [1.29, 1.82) is 0 Å². The van der Waals surface area contributed by atoms with Crippen LogP contribution in [0.3, 0.4) is 0 Å². The molecule has 0 heterocycles. The zero-order valence-corrected chi connectivity index (χ0v) is 8.99. The van der Waals surface area contributed by atoms with Crippen LogP contribution in [-0.4, -0.2) is 25.0 Å². The van der Waals surface area contributed by atoms with Crippen molar-refractivity contribution in [2.75, 3.05) is 13.1 Å². The van der Waals surface area contributed by atoms with E-state index in [4.69, 9.17) is 11.6 Å². The molecule has 0 saturated heterocycles. The first-order valence-electron chi connectivity index (χ1n) is 5.09. The van der Waals surface area contributed by atoms with Crippen molar-refractivity contribution in [2.45, 2.75) is 12.5 Å². The van der Waals surface area contributed by atoms with Crippen LogP contribution in [0.5, 0.6) is 0 Å². The van der Waals surface area contributed by atoms with E-state index < -0.39 is 0 Å². The lowest BCUT2D eigenvalue weighted by atomic mass is 10.1. The first-order chi connectivity index (χ1) is 7.77. The van der Waals surface area contributed by atoms with E-state index in [0.717, 1.165) is 0 Å². The smallest absolute Gasteiger partial charge is 0.251 e. The van der Waals surface area contributed by atoms with Gasteiger partial charge in [-0.1, -0.05) is 30.1 Å². The largest absolute Gasteiger partial charge is 0.351 e. The lowest BCUT2D eigenvalue weighted by Crippen LogP contribution is -2.33. The average Bonchev–Trinajstić information content (AvgIpc) is 2.26. The molecule has 1 rings (SSSR count). The summed E-state index contributed by atoms with van der Waals surface area (Å²) in [7, 11) is 0. The standard InChI is InChI=1S/C11H16N4O/c12-7-8-14-11(16)9-3-1-2-4-10(15-13)6-5-9/h3,5-6,10,15H,1,7-8,12-13H2,(H,14,16). The topological polar surface area (TPSA) is 93.2 Å². The molecule has 0 fully saturated rings. The van der Waals surface area contributed by atoms with Gasteiger partial charge < -0.3 is 11.1 Å². The molecule has 5 nitrogen and oxygen atoms in total. The minimum Gasteiger partial charge on any atom is -0.351 e. The fourth-order valence-corrected chi connectivity index (χ4v) is 1.20. The molecule has 0 aromatic rings. The summed E-state index contributed by atoms with van der Waals surface area (Å²) in [5.41, 5.74) is 8.43. The molecule has 0 bridgehead atoms. The Morgan fingerprint density at radius 3 is 3.12 bits per heavy atom. The van der Waals surface area contributed by atoms with Gasteiger partial charge in [-0.05, 0) is 0 Å². The van der Waals surface area contributed by atoms with Gasteiger partial charge in [0.1, 0.15) is 6.04 Å². The highest BCUT2D eigenvalue weighted by Crippen LogP contribution is 2.03. The number of hydrogen-bond donors (Lipinski definition) is 4. The number of allylic oxidation sites excluding steroid dienone is 1. The molecule has 1 aliphatic carbocycles. The second-order valence-electron chi connectivity index (χ2n) is 3.23. The van der Waals surface area contributed by atoms with Crippen molar-refractivity contribution in [3.8, 4) is 11.8 Å². The first kappa shape index (κ1) is 12.5. The molecule has 5 heteroatoms. The van der Waals surface area contributed by atoms with E-state index in [9.17, 15) is 4.79 Å². The van der Waals surface area contributed by atoms with Crippen LogP contribution in [0, 0.1) is 11.8 Å². The van der Waals surface area contributed by atoms with Gasteiger partial charge in [0.05, 0.1) is 0 Å². The quantitative estimate of drug-likeness (QED) is 0.271. The molecule has 86 valence electrons. The third kappa shape index (κ3) is 3.87. The van der Waals surface area contributed by atoms with Crippen LogP contribution in [0.1, 0.15) is 6.42 Å². The van der Waals surface area contributed by atoms with Crippen LogP contribution in [0.25, 0.3) is 0 Å². The maximum Gasteiger partial charge on any atom is 0.251 e. The Bertz CT molecular complexity index is 362. The van der Waals surface area contributed by atoms with Gasteiger partial charge in [-0.2, -0.15) is 0 Å². The molecule has 0 aromatic heterocycles. The van der Waals surface area contributed by atoms with Gasteiger partial charge in [-0.3, -0.25) is 10.6 Å². The fraction of sp³-hybridized carbons (Fsp3) is 0.364. The predicted molar refractivity (Wildman–Crippen MR) is 62.8 cm³/mol. The van der Waals surface area contributed by atoms with Crippen molar-refractivity contribution < 1.29 is 4.79 Å². The van der Waals surface area contributed by atoms with E-state index in [1.54, 1.807) is 18.2 Å². The molecule has 0 aliphatic heterocycles. The van der Waals surface area contributed by atoms with Crippen molar-refractivity contribution in [1.82, 2.24) is 10.7 Å². The number of rotatable bonds is 4. The summed E-state index contributed by atoms with van der Waals surface area (Å²) in [5.74, 6) is 11.0. The SMILES string of the molecule is NCCNC(=O)C1=CCC#CC(NN)C=C1. The molecule has 1 aliphatic rings. The van der Waals surface area contributed by atoms with Gasteiger partial charge in [0.15, 0.2) is 0 Å². The molecule has 6 N–H and O–H groups in total. The summed E-state index contributed by atoms with van der Waals surface area (Å²) in [6.07, 6.45) is 5.78. The lowest BCUT2D eigenvalue weighted by molar-refractivity contribution is -0.117. The zero-order valence-electron chi connectivity index (χ0n) is 8.99. The molecule has 0 radical (unpaired) electrons. The highest BCUT2D eigenvalue weighted by Gasteiger charge is 2.06. The van der Waals surface area contributed by atoms with Gasteiger partial charge in [0.25, 0.3) is 5.91 Å². The van der Waals surface area contributed by atoms with Crippen LogP contribution in [0.4, 0.5) is 0 Å². The Hall–Kier alpha value is -1.61. The molecule has 0 aromatic carbocycles. The zero-order chi connectivity index (χ0) is 11.8. The second kappa shape index (κ2) is 6.80. The number of carbonyl (C=O) groups excluding carboxylic acids is 1. The van der Waals surface area contributed by atoms with Crippen LogP contribution in [0.2, 0.25) is 0 Å². The summed E-state index contributed by atoms with van der Waals surface area (Å²) in [5, 5.41) is 2.70. The first-order valence-corrected chi connectivity index (χ1v) is 5.09. The second-order valence-corrected chi connectivity index (χ2v) is 3.23. The number of nitrogens with two attached hydrogens (primary N) is 2.